The Morgan fingerprint density at radius 3 is 3.00 bits per heavy atom. The smallest absolute Gasteiger partial charge is 0.325 e. The number of esters is 1. The Bertz CT molecular complexity index is 488. The molecule has 4 nitrogen and oxygen atoms in total. The lowest BCUT2D eigenvalue weighted by molar-refractivity contribution is -0.146. The van der Waals surface area contributed by atoms with Crippen LogP contribution in [0.25, 0.3) is 0 Å². The molecular formula is C14H19FN2O2. The molecular weight excluding hydrogens is 247 g/mol. The quantitative estimate of drug-likeness (QED) is 0.838. The van der Waals surface area contributed by atoms with Crippen LogP contribution in [0.2, 0.25) is 0 Å². The first kappa shape index (κ1) is 13.8. The first-order chi connectivity index (χ1) is 8.94. The third-order valence-corrected chi connectivity index (χ3v) is 3.59. The maximum Gasteiger partial charge on any atom is 0.325 e. The summed E-state index contributed by atoms with van der Waals surface area (Å²) in [6.45, 7) is 3.09. The molecule has 0 aliphatic carbocycles. The zero-order valence-electron chi connectivity index (χ0n) is 11.3. The second-order valence-electron chi connectivity index (χ2n) is 5.17. The van der Waals surface area contributed by atoms with E-state index in [0.717, 1.165) is 24.2 Å². The van der Waals surface area contributed by atoms with E-state index in [-0.39, 0.29) is 5.82 Å². The topological polar surface area (TPSA) is 55.6 Å². The highest BCUT2D eigenvalue weighted by Crippen LogP contribution is 2.29. The van der Waals surface area contributed by atoms with Crippen molar-refractivity contribution in [2.75, 3.05) is 25.1 Å². The number of halogens is 1. The average Bonchev–Trinajstić information content (AvgIpc) is 2.77. The van der Waals surface area contributed by atoms with E-state index in [1.165, 1.54) is 19.2 Å². The van der Waals surface area contributed by atoms with Gasteiger partial charge < -0.3 is 15.4 Å². The Balaban J connectivity index is 2.04. The molecule has 1 heterocycles. The monoisotopic (exact) mass is 266 g/mol. The van der Waals surface area contributed by atoms with Crippen molar-refractivity contribution in [2.45, 2.75) is 25.3 Å². The number of hydrogen-bond acceptors (Lipinski definition) is 4. The first-order valence-corrected chi connectivity index (χ1v) is 6.35. The fourth-order valence-electron chi connectivity index (χ4n) is 2.35. The van der Waals surface area contributed by atoms with Gasteiger partial charge in [-0.25, -0.2) is 4.39 Å². The Kier molecular flexibility index (Phi) is 3.75. The van der Waals surface area contributed by atoms with Gasteiger partial charge in [0.2, 0.25) is 0 Å². The molecule has 104 valence electrons. The van der Waals surface area contributed by atoms with Gasteiger partial charge in [0.15, 0.2) is 0 Å². The fourth-order valence-corrected chi connectivity index (χ4v) is 2.35. The summed E-state index contributed by atoms with van der Waals surface area (Å²) in [5.41, 5.74) is 6.96. The molecule has 1 atom stereocenters. The SMILES string of the molecule is COC(=O)C(C)(N)CCN1CCc2ccc(F)cc21. The van der Waals surface area contributed by atoms with Gasteiger partial charge in [-0.3, -0.25) is 4.79 Å². The summed E-state index contributed by atoms with van der Waals surface area (Å²) in [7, 11) is 1.33. The summed E-state index contributed by atoms with van der Waals surface area (Å²) < 4.78 is 17.9. The molecule has 1 aromatic rings. The van der Waals surface area contributed by atoms with Gasteiger partial charge in [0, 0.05) is 18.8 Å². The molecule has 0 fully saturated rings. The Morgan fingerprint density at radius 1 is 1.58 bits per heavy atom. The number of benzene rings is 1. The minimum absolute atomic E-state index is 0.242. The van der Waals surface area contributed by atoms with Gasteiger partial charge in [0.1, 0.15) is 11.4 Å². The highest BCUT2D eigenvalue weighted by atomic mass is 19.1. The van der Waals surface area contributed by atoms with Crippen LogP contribution in [0.4, 0.5) is 10.1 Å². The van der Waals surface area contributed by atoms with Crippen LogP contribution < -0.4 is 10.6 Å². The van der Waals surface area contributed by atoms with Crippen molar-refractivity contribution in [1.29, 1.82) is 0 Å². The largest absolute Gasteiger partial charge is 0.468 e. The van der Waals surface area contributed by atoms with Gasteiger partial charge in [0.05, 0.1) is 7.11 Å². The van der Waals surface area contributed by atoms with Gasteiger partial charge in [-0.05, 0) is 37.5 Å². The first-order valence-electron chi connectivity index (χ1n) is 6.35. The van der Waals surface area contributed by atoms with Crippen molar-refractivity contribution in [3.63, 3.8) is 0 Å². The second kappa shape index (κ2) is 5.17. The van der Waals surface area contributed by atoms with Crippen molar-refractivity contribution < 1.29 is 13.9 Å². The lowest BCUT2D eigenvalue weighted by atomic mass is 9.99. The fraction of sp³-hybridized carbons (Fsp3) is 0.500. The number of anilines is 1. The van der Waals surface area contributed by atoms with Gasteiger partial charge >= 0.3 is 5.97 Å². The van der Waals surface area contributed by atoms with Crippen molar-refractivity contribution in [3.8, 4) is 0 Å². The van der Waals surface area contributed by atoms with E-state index in [1.54, 1.807) is 6.92 Å². The number of ether oxygens (including phenoxy) is 1. The standard InChI is InChI=1S/C14H19FN2O2/c1-14(16,13(18)19-2)6-8-17-7-5-10-3-4-11(15)9-12(10)17/h3-4,9H,5-8,16H2,1-2H3. The third-order valence-electron chi connectivity index (χ3n) is 3.59. The minimum Gasteiger partial charge on any atom is -0.468 e. The number of fused-ring (bicyclic) bond motifs is 1. The van der Waals surface area contributed by atoms with E-state index < -0.39 is 11.5 Å². The van der Waals surface area contributed by atoms with Crippen LogP contribution in [0.5, 0.6) is 0 Å². The van der Waals surface area contributed by atoms with Crippen molar-refractivity contribution in [2.24, 2.45) is 5.73 Å². The lowest BCUT2D eigenvalue weighted by Crippen LogP contribution is -2.48. The molecule has 1 aromatic carbocycles. The summed E-state index contributed by atoms with van der Waals surface area (Å²) >= 11 is 0. The zero-order chi connectivity index (χ0) is 14.0. The summed E-state index contributed by atoms with van der Waals surface area (Å²) in [4.78, 5) is 13.6. The minimum atomic E-state index is -1.01. The third kappa shape index (κ3) is 2.87. The number of nitrogens with zero attached hydrogens (tertiary/aromatic N) is 1. The van der Waals surface area contributed by atoms with Crippen LogP contribution in [0.3, 0.4) is 0 Å². The molecule has 0 saturated carbocycles. The van der Waals surface area contributed by atoms with E-state index in [0.29, 0.717) is 13.0 Å². The summed E-state index contributed by atoms with van der Waals surface area (Å²) in [5, 5.41) is 0. The van der Waals surface area contributed by atoms with Crippen molar-refractivity contribution in [3.05, 3.63) is 29.6 Å². The maximum absolute atomic E-state index is 13.3. The molecule has 5 heteroatoms. The molecule has 0 spiro atoms. The maximum atomic E-state index is 13.3. The van der Waals surface area contributed by atoms with E-state index in [9.17, 15) is 9.18 Å². The molecule has 0 bridgehead atoms. The number of nitrogens with two attached hydrogens (primary N) is 1. The number of hydrogen-bond donors (Lipinski definition) is 1. The van der Waals surface area contributed by atoms with Gasteiger partial charge in [-0.1, -0.05) is 6.07 Å². The van der Waals surface area contributed by atoms with Crippen molar-refractivity contribution >= 4 is 11.7 Å². The normalized spacial score (nSPS) is 16.9. The molecule has 0 amide bonds. The number of methoxy groups -OCH3 is 1. The van der Waals surface area contributed by atoms with Gasteiger partial charge in [0.25, 0.3) is 0 Å². The van der Waals surface area contributed by atoms with Crippen LogP contribution in [0.1, 0.15) is 18.9 Å². The molecule has 1 aliphatic heterocycles. The second-order valence-corrected chi connectivity index (χ2v) is 5.17. The molecule has 19 heavy (non-hydrogen) atoms. The van der Waals surface area contributed by atoms with Crippen LogP contribution in [0, 0.1) is 5.82 Å². The Labute approximate surface area is 112 Å². The predicted molar refractivity (Wildman–Crippen MR) is 71.5 cm³/mol. The van der Waals surface area contributed by atoms with Crippen LogP contribution in [-0.4, -0.2) is 31.7 Å². The Morgan fingerprint density at radius 2 is 2.32 bits per heavy atom. The molecule has 2 rings (SSSR count). The predicted octanol–water partition coefficient (Wildman–Crippen LogP) is 1.47. The Hall–Kier alpha value is -1.62. The van der Waals surface area contributed by atoms with Crippen LogP contribution in [-0.2, 0) is 16.0 Å². The van der Waals surface area contributed by atoms with E-state index >= 15 is 0 Å². The highest BCUT2D eigenvalue weighted by molar-refractivity contribution is 5.79. The van der Waals surface area contributed by atoms with Gasteiger partial charge in [-0.15, -0.1) is 0 Å². The highest BCUT2D eigenvalue weighted by Gasteiger charge is 2.31. The summed E-state index contributed by atoms with van der Waals surface area (Å²) in [6.07, 6.45) is 1.37. The van der Waals surface area contributed by atoms with Crippen molar-refractivity contribution in [1.82, 2.24) is 0 Å². The molecule has 0 aromatic heterocycles. The van der Waals surface area contributed by atoms with E-state index in [1.807, 2.05) is 6.07 Å². The average molecular weight is 266 g/mol. The van der Waals surface area contributed by atoms with Gasteiger partial charge in [-0.2, -0.15) is 0 Å². The van der Waals surface area contributed by atoms with E-state index in [4.69, 9.17) is 5.73 Å². The van der Waals surface area contributed by atoms with Crippen LogP contribution in [0.15, 0.2) is 18.2 Å². The number of carbonyl (C=O) groups is 1. The summed E-state index contributed by atoms with van der Waals surface area (Å²) in [5.74, 6) is -0.666. The molecule has 1 unspecified atom stereocenters. The summed E-state index contributed by atoms with van der Waals surface area (Å²) in [6, 6.07) is 4.82. The van der Waals surface area contributed by atoms with Crippen LogP contribution >= 0.6 is 0 Å². The molecule has 1 aliphatic rings. The number of carbonyl (C=O) groups excluding carboxylic acids is 1. The lowest BCUT2D eigenvalue weighted by Gasteiger charge is -2.26. The number of rotatable bonds is 4. The molecule has 0 radical (unpaired) electrons. The zero-order valence-corrected chi connectivity index (χ0v) is 11.3. The molecule has 2 N–H and O–H groups in total. The van der Waals surface area contributed by atoms with E-state index in [2.05, 4.69) is 9.64 Å². The molecule has 0 saturated heterocycles.